The zero-order valence-electron chi connectivity index (χ0n) is 15.5. The monoisotopic (exact) mass is 346 g/mol. The Balaban J connectivity index is 1.84. The van der Waals surface area contributed by atoms with E-state index in [4.69, 9.17) is 12.2 Å². The van der Waals surface area contributed by atoms with Crippen LogP contribution in [0.2, 0.25) is 0 Å². The summed E-state index contributed by atoms with van der Waals surface area (Å²) in [7, 11) is 0. The fraction of sp³-hybridized carbons (Fsp3) is 0.667. The summed E-state index contributed by atoms with van der Waals surface area (Å²) in [5.41, 5.74) is 3.63. The van der Waals surface area contributed by atoms with E-state index in [0.717, 1.165) is 10.8 Å². The second-order valence-corrected chi connectivity index (χ2v) is 7.84. The van der Waals surface area contributed by atoms with E-state index in [-0.39, 0.29) is 0 Å². The van der Waals surface area contributed by atoms with Gasteiger partial charge in [-0.1, -0.05) is 63.9 Å². The first-order chi connectivity index (χ1) is 11.6. The quantitative estimate of drug-likeness (QED) is 0.618. The summed E-state index contributed by atoms with van der Waals surface area (Å²) >= 11 is 5.57. The van der Waals surface area contributed by atoms with Crippen molar-refractivity contribution in [2.75, 3.05) is 5.32 Å². The average molecular weight is 347 g/mol. The molecule has 0 amide bonds. The lowest BCUT2D eigenvalue weighted by Crippen LogP contribution is -2.37. The summed E-state index contributed by atoms with van der Waals surface area (Å²) in [6.07, 6.45) is 15.0. The van der Waals surface area contributed by atoms with Gasteiger partial charge in [0.1, 0.15) is 0 Å². The average Bonchev–Trinajstić information content (AvgIpc) is 2.48. The van der Waals surface area contributed by atoms with Crippen molar-refractivity contribution >= 4 is 23.0 Å². The number of thiocarbonyl (C=S) groups is 1. The number of aryl methyl sites for hydroxylation is 2. The van der Waals surface area contributed by atoms with Crippen LogP contribution in [0.5, 0.6) is 0 Å². The van der Waals surface area contributed by atoms with Gasteiger partial charge < -0.3 is 10.6 Å². The van der Waals surface area contributed by atoms with Crippen LogP contribution in [0.15, 0.2) is 18.2 Å². The number of hydrogen-bond acceptors (Lipinski definition) is 1. The summed E-state index contributed by atoms with van der Waals surface area (Å²) in [6, 6.07) is 7.02. The lowest BCUT2D eigenvalue weighted by molar-refractivity contribution is 0.444. The van der Waals surface area contributed by atoms with Crippen molar-refractivity contribution in [2.24, 2.45) is 0 Å². The zero-order chi connectivity index (χ0) is 17.2. The Hall–Kier alpha value is -1.09. The number of anilines is 1. The molecule has 2 N–H and O–H groups in total. The van der Waals surface area contributed by atoms with E-state index in [9.17, 15) is 0 Å². The van der Waals surface area contributed by atoms with Crippen LogP contribution in [-0.4, -0.2) is 11.2 Å². The SMILES string of the molecule is Cc1cc(C)cc(NC(=S)NC2CCCCCCCCCCC2)c1. The van der Waals surface area contributed by atoms with Crippen LogP contribution >= 0.6 is 12.2 Å². The molecule has 0 saturated heterocycles. The van der Waals surface area contributed by atoms with Gasteiger partial charge in [0.2, 0.25) is 0 Å². The second kappa shape index (κ2) is 10.7. The first kappa shape index (κ1) is 19.2. The molecule has 0 unspecified atom stereocenters. The lowest BCUT2D eigenvalue weighted by atomic mass is 9.98. The van der Waals surface area contributed by atoms with Gasteiger partial charge in [0.15, 0.2) is 5.11 Å². The van der Waals surface area contributed by atoms with Gasteiger partial charge in [-0.25, -0.2) is 0 Å². The molecule has 0 aromatic heterocycles. The van der Waals surface area contributed by atoms with Crippen LogP contribution in [0, 0.1) is 13.8 Å². The topological polar surface area (TPSA) is 24.1 Å². The molecule has 1 aliphatic rings. The third-order valence-corrected chi connectivity index (χ3v) is 5.14. The van der Waals surface area contributed by atoms with E-state index in [1.54, 1.807) is 0 Å². The lowest BCUT2D eigenvalue weighted by Gasteiger charge is -2.22. The van der Waals surface area contributed by atoms with Crippen LogP contribution in [0.25, 0.3) is 0 Å². The predicted octanol–water partition coefficient (Wildman–Crippen LogP) is 6.26. The number of hydrogen-bond donors (Lipinski definition) is 2. The fourth-order valence-electron chi connectivity index (χ4n) is 3.71. The zero-order valence-corrected chi connectivity index (χ0v) is 16.3. The highest BCUT2D eigenvalue weighted by atomic mass is 32.1. The first-order valence-electron chi connectivity index (χ1n) is 9.79. The fourth-order valence-corrected chi connectivity index (χ4v) is 3.99. The van der Waals surface area contributed by atoms with Crippen molar-refractivity contribution in [3.05, 3.63) is 29.3 Å². The summed E-state index contributed by atoms with van der Waals surface area (Å²) in [6.45, 7) is 4.25. The molecule has 24 heavy (non-hydrogen) atoms. The van der Waals surface area contributed by atoms with Crippen LogP contribution < -0.4 is 10.6 Å². The van der Waals surface area contributed by atoms with Crippen LogP contribution in [0.4, 0.5) is 5.69 Å². The van der Waals surface area contributed by atoms with Crippen molar-refractivity contribution in [3.8, 4) is 0 Å². The van der Waals surface area contributed by atoms with Crippen molar-refractivity contribution < 1.29 is 0 Å². The molecule has 1 saturated carbocycles. The molecule has 1 aliphatic carbocycles. The predicted molar refractivity (Wildman–Crippen MR) is 110 cm³/mol. The Morgan fingerprint density at radius 2 is 1.25 bits per heavy atom. The number of rotatable bonds is 2. The van der Waals surface area contributed by atoms with Gasteiger partial charge in [0.05, 0.1) is 0 Å². The molecule has 0 spiro atoms. The normalized spacial score (nSPS) is 18.2. The van der Waals surface area contributed by atoms with E-state index < -0.39 is 0 Å². The van der Waals surface area contributed by atoms with E-state index in [1.807, 2.05) is 0 Å². The molecule has 1 aromatic carbocycles. The van der Waals surface area contributed by atoms with Crippen LogP contribution in [-0.2, 0) is 0 Å². The van der Waals surface area contributed by atoms with Gasteiger partial charge in [-0.2, -0.15) is 0 Å². The Bertz CT molecular complexity index is 480. The Morgan fingerprint density at radius 1 is 0.792 bits per heavy atom. The third-order valence-electron chi connectivity index (χ3n) is 4.92. The molecule has 1 fully saturated rings. The van der Waals surface area contributed by atoms with Crippen molar-refractivity contribution in [1.82, 2.24) is 5.32 Å². The van der Waals surface area contributed by atoms with Crippen molar-refractivity contribution in [3.63, 3.8) is 0 Å². The smallest absolute Gasteiger partial charge is 0.170 e. The van der Waals surface area contributed by atoms with Crippen LogP contribution in [0.1, 0.15) is 81.8 Å². The molecular weight excluding hydrogens is 312 g/mol. The Labute approximate surface area is 153 Å². The van der Waals surface area contributed by atoms with Crippen molar-refractivity contribution in [1.29, 1.82) is 0 Å². The molecule has 2 nitrogen and oxygen atoms in total. The molecule has 0 heterocycles. The summed E-state index contributed by atoms with van der Waals surface area (Å²) in [4.78, 5) is 0. The highest BCUT2D eigenvalue weighted by Gasteiger charge is 2.11. The van der Waals surface area contributed by atoms with Gasteiger partial charge in [0, 0.05) is 11.7 Å². The van der Waals surface area contributed by atoms with Gasteiger partial charge in [-0.15, -0.1) is 0 Å². The highest BCUT2D eigenvalue weighted by Crippen LogP contribution is 2.18. The molecule has 0 aliphatic heterocycles. The molecule has 134 valence electrons. The van der Waals surface area contributed by atoms with E-state index in [0.29, 0.717) is 6.04 Å². The van der Waals surface area contributed by atoms with Gasteiger partial charge in [-0.05, 0) is 62.2 Å². The van der Waals surface area contributed by atoms with E-state index in [2.05, 4.69) is 42.7 Å². The largest absolute Gasteiger partial charge is 0.360 e. The molecule has 3 heteroatoms. The van der Waals surface area contributed by atoms with Gasteiger partial charge >= 0.3 is 0 Å². The highest BCUT2D eigenvalue weighted by molar-refractivity contribution is 7.80. The third kappa shape index (κ3) is 7.65. The molecule has 0 atom stereocenters. The molecular formula is C21H34N2S. The van der Waals surface area contributed by atoms with E-state index in [1.165, 1.54) is 81.8 Å². The summed E-state index contributed by atoms with van der Waals surface area (Å²) in [5.74, 6) is 0. The maximum absolute atomic E-state index is 5.57. The minimum Gasteiger partial charge on any atom is -0.360 e. The van der Waals surface area contributed by atoms with Gasteiger partial charge in [-0.3, -0.25) is 0 Å². The molecule has 2 rings (SSSR count). The minimum absolute atomic E-state index is 0.523. The standard InChI is InChI=1S/C21H34N2S/c1-17-14-18(2)16-20(15-17)23-21(24)22-19-12-10-8-6-4-3-5-7-9-11-13-19/h14-16,19H,3-13H2,1-2H3,(H2,22,23,24). The second-order valence-electron chi connectivity index (χ2n) is 7.43. The molecule has 0 radical (unpaired) electrons. The Morgan fingerprint density at radius 3 is 1.75 bits per heavy atom. The molecule has 0 bridgehead atoms. The number of nitrogens with one attached hydrogen (secondary N) is 2. The van der Waals surface area contributed by atoms with Crippen LogP contribution in [0.3, 0.4) is 0 Å². The van der Waals surface area contributed by atoms with Gasteiger partial charge in [0.25, 0.3) is 0 Å². The van der Waals surface area contributed by atoms with E-state index >= 15 is 0 Å². The number of benzene rings is 1. The summed E-state index contributed by atoms with van der Waals surface area (Å²) < 4.78 is 0. The maximum atomic E-state index is 5.57. The molecule has 1 aromatic rings. The maximum Gasteiger partial charge on any atom is 0.170 e. The Kier molecular flexibility index (Phi) is 8.58. The summed E-state index contributed by atoms with van der Waals surface area (Å²) in [5, 5.41) is 7.73. The van der Waals surface area contributed by atoms with Crippen molar-refractivity contribution in [2.45, 2.75) is 90.5 Å². The minimum atomic E-state index is 0.523. The first-order valence-corrected chi connectivity index (χ1v) is 10.2.